The standard InChI is InChI=1S/C25H19FN4O5/c26-14-1-3-15(4-2-14)28-23(33)25(10-11-25)24(34)29-16-5-7-17(8-6-16)35-20-9-12-27-21-18(20)13-19(30-21)22(31)32/h1-9,12-13H,10-11H2,(H,27,30)(H,28,33)(H,29,34)(H,31,32). The smallest absolute Gasteiger partial charge is 0.352 e. The second-order valence-corrected chi connectivity index (χ2v) is 8.18. The van der Waals surface area contributed by atoms with Crippen molar-refractivity contribution < 1.29 is 28.6 Å². The predicted octanol–water partition coefficient (Wildman–Crippen LogP) is 4.55. The number of ether oxygens (including phenoxy) is 1. The van der Waals surface area contributed by atoms with Crippen molar-refractivity contribution in [3.05, 3.63) is 78.4 Å². The molecule has 1 fully saturated rings. The average Bonchev–Trinajstić information content (AvgIpc) is 3.54. The normalized spacial score (nSPS) is 13.7. The molecule has 0 spiro atoms. The zero-order valence-corrected chi connectivity index (χ0v) is 18.2. The number of pyridine rings is 1. The maximum atomic E-state index is 13.1. The number of rotatable bonds is 7. The third kappa shape index (κ3) is 4.41. The lowest BCUT2D eigenvalue weighted by molar-refractivity contribution is -0.131. The van der Waals surface area contributed by atoms with E-state index in [1.807, 2.05) is 0 Å². The van der Waals surface area contributed by atoms with Crippen molar-refractivity contribution in [2.45, 2.75) is 12.8 Å². The fourth-order valence-corrected chi connectivity index (χ4v) is 3.66. The van der Waals surface area contributed by atoms with Gasteiger partial charge in [-0.25, -0.2) is 14.2 Å². The summed E-state index contributed by atoms with van der Waals surface area (Å²) in [4.78, 5) is 43.6. The second kappa shape index (κ2) is 8.56. The van der Waals surface area contributed by atoms with Crippen LogP contribution in [0.4, 0.5) is 15.8 Å². The number of carboxylic acids is 1. The molecule has 2 heterocycles. The molecule has 2 aromatic carbocycles. The van der Waals surface area contributed by atoms with Crippen LogP contribution in [0.15, 0.2) is 66.9 Å². The lowest BCUT2D eigenvalue weighted by atomic mass is 10.0. The Kier molecular flexibility index (Phi) is 5.40. The minimum absolute atomic E-state index is 0.000851. The van der Waals surface area contributed by atoms with E-state index in [1.54, 1.807) is 30.3 Å². The molecule has 0 unspecified atom stereocenters. The van der Waals surface area contributed by atoms with Crippen molar-refractivity contribution in [1.29, 1.82) is 0 Å². The highest BCUT2D eigenvalue weighted by atomic mass is 19.1. The van der Waals surface area contributed by atoms with Crippen molar-refractivity contribution in [2.24, 2.45) is 5.41 Å². The van der Waals surface area contributed by atoms with E-state index in [2.05, 4.69) is 20.6 Å². The van der Waals surface area contributed by atoms with Crippen LogP contribution in [0.3, 0.4) is 0 Å². The number of anilines is 2. The van der Waals surface area contributed by atoms with Gasteiger partial charge in [-0.15, -0.1) is 0 Å². The van der Waals surface area contributed by atoms with Crippen molar-refractivity contribution >= 4 is 40.2 Å². The number of carboxylic acid groups (broad SMARTS) is 1. The number of aromatic carboxylic acids is 1. The Labute approximate surface area is 197 Å². The van der Waals surface area contributed by atoms with E-state index >= 15 is 0 Å². The number of nitrogens with zero attached hydrogens (tertiary/aromatic N) is 1. The Hall–Kier alpha value is -4.73. The molecule has 1 saturated carbocycles. The number of hydrogen-bond donors (Lipinski definition) is 4. The molecule has 0 radical (unpaired) electrons. The average molecular weight is 474 g/mol. The molecule has 0 aliphatic heterocycles. The third-order valence-corrected chi connectivity index (χ3v) is 5.78. The third-order valence-electron chi connectivity index (χ3n) is 5.78. The van der Waals surface area contributed by atoms with Crippen LogP contribution < -0.4 is 15.4 Å². The highest BCUT2D eigenvalue weighted by molar-refractivity contribution is 6.16. The van der Waals surface area contributed by atoms with Gasteiger partial charge in [-0.3, -0.25) is 9.59 Å². The van der Waals surface area contributed by atoms with Gasteiger partial charge in [0.15, 0.2) is 0 Å². The molecule has 10 heteroatoms. The monoisotopic (exact) mass is 474 g/mol. The van der Waals surface area contributed by atoms with Gasteiger partial charge >= 0.3 is 5.97 Å². The van der Waals surface area contributed by atoms with Crippen LogP contribution in [0.1, 0.15) is 23.3 Å². The van der Waals surface area contributed by atoms with Crippen molar-refractivity contribution in [3.8, 4) is 11.5 Å². The largest absolute Gasteiger partial charge is 0.477 e. The van der Waals surface area contributed by atoms with Gasteiger partial charge < -0.3 is 25.5 Å². The van der Waals surface area contributed by atoms with Crippen LogP contribution in [0.2, 0.25) is 0 Å². The van der Waals surface area contributed by atoms with Gasteiger partial charge in [0, 0.05) is 17.6 Å². The van der Waals surface area contributed by atoms with Crippen molar-refractivity contribution in [2.75, 3.05) is 10.6 Å². The Bertz CT molecular complexity index is 1440. The first-order valence-corrected chi connectivity index (χ1v) is 10.7. The number of aromatic nitrogens is 2. The maximum absolute atomic E-state index is 13.1. The molecule has 0 bridgehead atoms. The van der Waals surface area contributed by atoms with Crippen LogP contribution in [-0.2, 0) is 9.59 Å². The number of halogens is 1. The summed E-state index contributed by atoms with van der Waals surface area (Å²) in [5, 5.41) is 15.1. The number of aromatic amines is 1. The number of benzene rings is 2. The van der Waals surface area contributed by atoms with Gasteiger partial charge in [0.25, 0.3) is 0 Å². The SMILES string of the molecule is O=C(O)c1cc2c(Oc3ccc(NC(=O)C4(C(=O)Nc5ccc(F)cc5)CC4)cc3)ccnc2[nH]1. The molecule has 0 atom stereocenters. The zero-order chi connectivity index (χ0) is 24.6. The quantitative estimate of drug-likeness (QED) is 0.291. The van der Waals surface area contributed by atoms with Gasteiger partial charge in [0.2, 0.25) is 11.8 Å². The fourth-order valence-electron chi connectivity index (χ4n) is 3.66. The van der Waals surface area contributed by atoms with Gasteiger partial charge in [-0.2, -0.15) is 0 Å². The number of carbonyl (C=O) groups is 3. The van der Waals surface area contributed by atoms with E-state index in [4.69, 9.17) is 4.74 Å². The second-order valence-electron chi connectivity index (χ2n) is 8.18. The van der Waals surface area contributed by atoms with Crippen LogP contribution >= 0.6 is 0 Å². The maximum Gasteiger partial charge on any atom is 0.352 e. The van der Waals surface area contributed by atoms with E-state index in [-0.39, 0.29) is 5.69 Å². The summed E-state index contributed by atoms with van der Waals surface area (Å²) in [6, 6.07) is 15.0. The number of nitrogens with one attached hydrogen (secondary N) is 3. The molecule has 2 amide bonds. The first-order chi connectivity index (χ1) is 16.8. The summed E-state index contributed by atoms with van der Waals surface area (Å²) in [5.74, 6) is -1.49. The number of fused-ring (bicyclic) bond motifs is 1. The first kappa shape index (κ1) is 22.1. The van der Waals surface area contributed by atoms with E-state index in [0.29, 0.717) is 46.7 Å². The van der Waals surface area contributed by atoms with Crippen LogP contribution in [0.25, 0.3) is 11.0 Å². The number of carbonyl (C=O) groups excluding carboxylic acids is 2. The molecule has 35 heavy (non-hydrogen) atoms. The van der Waals surface area contributed by atoms with E-state index < -0.39 is 29.0 Å². The summed E-state index contributed by atoms with van der Waals surface area (Å²) >= 11 is 0. The molecule has 0 saturated heterocycles. The molecule has 9 nitrogen and oxygen atoms in total. The topological polar surface area (TPSA) is 133 Å². The van der Waals surface area contributed by atoms with Crippen molar-refractivity contribution in [1.82, 2.24) is 9.97 Å². The van der Waals surface area contributed by atoms with Gasteiger partial charge in [0.05, 0.1) is 5.39 Å². The molecule has 4 aromatic rings. The van der Waals surface area contributed by atoms with Crippen LogP contribution in [0, 0.1) is 11.2 Å². The van der Waals surface area contributed by atoms with E-state index in [9.17, 15) is 23.9 Å². The molecule has 1 aliphatic rings. The Morgan fingerprint density at radius 1 is 0.943 bits per heavy atom. The summed E-state index contributed by atoms with van der Waals surface area (Å²) in [6.07, 6.45) is 2.33. The minimum atomic E-state index is -1.16. The predicted molar refractivity (Wildman–Crippen MR) is 125 cm³/mol. The lowest BCUT2D eigenvalue weighted by Gasteiger charge is -2.16. The molecule has 2 aromatic heterocycles. The number of H-pyrrole nitrogens is 1. The molecular weight excluding hydrogens is 455 g/mol. The Morgan fingerprint density at radius 2 is 1.54 bits per heavy atom. The van der Waals surface area contributed by atoms with E-state index in [0.717, 1.165) is 0 Å². The van der Waals surface area contributed by atoms with Crippen LogP contribution in [-0.4, -0.2) is 32.9 Å². The Morgan fingerprint density at radius 3 is 2.11 bits per heavy atom. The van der Waals surface area contributed by atoms with Gasteiger partial charge in [0.1, 0.15) is 34.1 Å². The molecular formula is C25H19FN4O5. The zero-order valence-electron chi connectivity index (χ0n) is 18.2. The fraction of sp³-hybridized carbons (Fsp3) is 0.120. The summed E-state index contributed by atoms with van der Waals surface area (Å²) in [5.41, 5.74) is 0.122. The van der Waals surface area contributed by atoms with Gasteiger partial charge in [-0.1, -0.05) is 0 Å². The molecule has 176 valence electrons. The highest BCUT2D eigenvalue weighted by Crippen LogP contribution is 2.47. The van der Waals surface area contributed by atoms with Crippen LogP contribution in [0.5, 0.6) is 11.5 Å². The van der Waals surface area contributed by atoms with E-state index in [1.165, 1.54) is 36.5 Å². The van der Waals surface area contributed by atoms with Gasteiger partial charge in [-0.05, 0) is 73.5 Å². The first-order valence-electron chi connectivity index (χ1n) is 10.7. The molecule has 4 N–H and O–H groups in total. The van der Waals surface area contributed by atoms with Crippen molar-refractivity contribution in [3.63, 3.8) is 0 Å². The highest BCUT2D eigenvalue weighted by Gasteiger charge is 2.56. The number of amides is 2. The summed E-state index contributed by atoms with van der Waals surface area (Å²) in [7, 11) is 0. The summed E-state index contributed by atoms with van der Waals surface area (Å²) < 4.78 is 19.0. The minimum Gasteiger partial charge on any atom is -0.477 e. The molecule has 1 aliphatic carbocycles. The summed E-state index contributed by atoms with van der Waals surface area (Å²) in [6.45, 7) is 0. The lowest BCUT2D eigenvalue weighted by Crippen LogP contribution is -2.35. The Balaban J connectivity index is 1.25. The number of hydrogen-bond acceptors (Lipinski definition) is 5. The molecule has 5 rings (SSSR count).